The molecular formula is C15H17FN2O. The van der Waals surface area contributed by atoms with Crippen LogP contribution in [0.4, 0.5) is 15.9 Å². The highest BCUT2D eigenvalue weighted by Crippen LogP contribution is 2.25. The number of rotatable bonds is 4. The topological polar surface area (TPSA) is 36.4 Å². The molecule has 2 aromatic rings. The van der Waals surface area contributed by atoms with Gasteiger partial charge in [0, 0.05) is 18.4 Å². The molecule has 1 aromatic carbocycles. The Morgan fingerprint density at radius 2 is 2.11 bits per heavy atom. The lowest BCUT2D eigenvalue weighted by molar-refractivity contribution is 0.199. The number of halogens is 1. The molecule has 1 aromatic heterocycles. The predicted octanol–water partition coefficient (Wildman–Crippen LogP) is 3.43. The van der Waals surface area contributed by atoms with Gasteiger partial charge in [-0.25, -0.2) is 9.37 Å². The van der Waals surface area contributed by atoms with Crippen molar-refractivity contribution in [1.29, 1.82) is 0 Å². The van der Waals surface area contributed by atoms with E-state index in [-0.39, 0.29) is 5.82 Å². The normalized spacial score (nSPS) is 12.2. The molecule has 0 fully saturated rings. The lowest BCUT2D eigenvalue weighted by atomic mass is 10.1. The van der Waals surface area contributed by atoms with Gasteiger partial charge in [0.1, 0.15) is 11.6 Å². The fraction of sp³-hybridized carbons (Fsp3) is 0.267. The second-order valence-electron chi connectivity index (χ2n) is 4.35. The molecule has 0 radical (unpaired) electrons. The zero-order valence-electron chi connectivity index (χ0n) is 11.0. The standard InChI is InChI=1S/C15H17FN2O/c1-3-18(14-6-4-5-13(16)10-14)15-9-12(11(2)19)7-8-17-15/h4-11,19H,3H2,1-2H3. The summed E-state index contributed by atoms with van der Waals surface area (Å²) in [5, 5.41) is 9.61. The number of nitrogens with zero attached hydrogens (tertiary/aromatic N) is 2. The fourth-order valence-corrected chi connectivity index (χ4v) is 1.96. The molecule has 1 unspecified atom stereocenters. The minimum atomic E-state index is -0.548. The molecular weight excluding hydrogens is 243 g/mol. The van der Waals surface area contributed by atoms with Crippen LogP contribution < -0.4 is 4.90 Å². The van der Waals surface area contributed by atoms with Crippen molar-refractivity contribution in [2.75, 3.05) is 11.4 Å². The van der Waals surface area contributed by atoms with Crippen molar-refractivity contribution >= 4 is 11.5 Å². The van der Waals surface area contributed by atoms with Crippen LogP contribution in [0.1, 0.15) is 25.5 Å². The van der Waals surface area contributed by atoms with Crippen molar-refractivity contribution in [3.63, 3.8) is 0 Å². The van der Waals surface area contributed by atoms with E-state index in [1.54, 1.807) is 25.3 Å². The van der Waals surface area contributed by atoms with Gasteiger partial charge in [-0.2, -0.15) is 0 Å². The van der Waals surface area contributed by atoms with Crippen LogP contribution in [0.25, 0.3) is 0 Å². The number of pyridine rings is 1. The maximum Gasteiger partial charge on any atom is 0.133 e. The van der Waals surface area contributed by atoms with Gasteiger partial charge in [0.2, 0.25) is 0 Å². The summed E-state index contributed by atoms with van der Waals surface area (Å²) in [4.78, 5) is 6.19. The first-order chi connectivity index (χ1) is 9.11. The van der Waals surface area contributed by atoms with Crippen LogP contribution in [0, 0.1) is 5.82 Å². The van der Waals surface area contributed by atoms with E-state index in [2.05, 4.69) is 4.98 Å². The van der Waals surface area contributed by atoms with Crippen LogP contribution >= 0.6 is 0 Å². The van der Waals surface area contributed by atoms with Gasteiger partial charge in [-0.3, -0.25) is 0 Å². The Bertz CT molecular complexity index is 557. The minimum Gasteiger partial charge on any atom is -0.389 e. The van der Waals surface area contributed by atoms with E-state index in [9.17, 15) is 9.50 Å². The average Bonchev–Trinajstić information content (AvgIpc) is 2.40. The molecule has 0 aliphatic rings. The van der Waals surface area contributed by atoms with Crippen molar-refractivity contribution < 1.29 is 9.50 Å². The molecule has 1 heterocycles. The third kappa shape index (κ3) is 3.09. The quantitative estimate of drug-likeness (QED) is 0.915. The van der Waals surface area contributed by atoms with E-state index < -0.39 is 6.10 Å². The number of aliphatic hydroxyl groups is 1. The molecule has 0 bridgehead atoms. The van der Waals surface area contributed by atoms with Crippen molar-refractivity contribution in [3.05, 3.63) is 54.0 Å². The first-order valence-corrected chi connectivity index (χ1v) is 6.29. The molecule has 1 atom stereocenters. The Kier molecular flexibility index (Phi) is 4.12. The van der Waals surface area contributed by atoms with Crippen molar-refractivity contribution in [2.24, 2.45) is 0 Å². The van der Waals surface area contributed by atoms with Crippen LogP contribution in [-0.2, 0) is 0 Å². The van der Waals surface area contributed by atoms with E-state index in [0.717, 1.165) is 11.3 Å². The number of anilines is 2. The molecule has 0 aliphatic heterocycles. The van der Waals surface area contributed by atoms with Gasteiger partial charge < -0.3 is 10.0 Å². The maximum absolute atomic E-state index is 13.3. The average molecular weight is 260 g/mol. The first kappa shape index (κ1) is 13.5. The van der Waals surface area contributed by atoms with E-state index in [4.69, 9.17) is 0 Å². The van der Waals surface area contributed by atoms with Crippen LogP contribution in [-0.4, -0.2) is 16.6 Å². The van der Waals surface area contributed by atoms with Gasteiger partial charge in [0.15, 0.2) is 0 Å². The first-order valence-electron chi connectivity index (χ1n) is 6.29. The zero-order valence-corrected chi connectivity index (χ0v) is 11.0. The van der Waals surface area contributed by atoms with Gasteiger partial charge in [-0.1, -0.05) is 6.07 Å². The molecule has 100 valence electrons. The lowest BCUT2D eigenvalue weighted by Crippen LogP contribution is -2.17. The summed E-state index contributed by atoms with van der Waals surface area (Å²) in [6, 6.07) is 9.99. The Balaban J connectivity index is 2.39. The predicted molar refractivity (Wildman–Crippen MR) is 74.0 cm³/mol. The molecule has 0 saturated carbocycles. The van der Waals surface area contributed by atoms with Crippen LogP contribution in [0.2, 0.25) is 0 Å². The number of aliphatic hydroxyl groups excluding tert-OH is 1. The van der Waals surface area contributed by atoms with E-state index in [0.29, 0.717) is 12.4 Å². The van der Waals surface area contributed by atoms with Crippen LogP contribution in [0.3, 0.4) is 0 Å². The lowest BCUT2D eigenvalue weighted by Gasteiger charge is -2.23. The molecule has 0 aliphatic carbocycles. The van der Waals surface area contributed by atoms with Gasteiger partial charge in [-0.15, -0.1) is 0 Å². The third-order valence-electron chi connectivity index (χ3n) is 2.96. The minimum absolute atomic E-state index is 0.275. The van der Waals surface area contributed by atoms with Crippen molar-refractivity contribution in [3.8, 4) is 0 Å². The summed E-state index contributed by atoms with van der Waals surface area (Å²) in [5.74, 6) is 0.425. The monoisotopic (exact) mass is 260 g/mol. The molecule has 3 nitrogen and oxygen atoms in total. The second-order valence-corrected chi connectivity index (χ2v) is 4.35. The Morgan fingerprint density at radius 3 is 2.74 bits per heavy atom. The van der Waals surface area contributed by atoms with E-state index in [1.165, 1.54) is 12.1 Å². The summed E-state index contributed by atoms with van der Waals surface area (Å²) >= 11 is 0. The second kappa shape index (κ2) is 5.80. The highest BCUT2D eigenvalue weighted by Gasteiger charge is 2.11. The van der Waals surface area contributed by atoms with Gasteiger partial charge in [-0.05, 0) is 49.7 Å². The zero-order chi connectivity index (χ0) is 13.8. The Morgan fingerprint density at radius 1 is 1.32 bits per heavy atom. The number of benzene rings is 1. The van der Waals surface area contributed by atoms with Crippen LogP contribution in [0.15, 0.2) is 42.6 Å². The highest BCUT2D eigenvalue weighted by atomic mass is 19.1. The smallest absolute Gasteiger partial charge is 0.133 e. The fourth-order valence-electron chi connectivity index (χ4n) is 1.96. The number of hydrogen-bond donors (Lipinski definition) is 1. The third-order valence-corrected chi connectivity index (χ3v) is 2.96. The summed E-state index contributed by atoms with van der Waals surface area (Å²) in [7, 11) is 0. The largest absolute Gasteiger partial charge is 0.389 e. The summed E-state index contributed by atoms with van der Waals surface area (Å²) in [5.41, 5.74) is 1.54. The molecule has 2 rings (SSSR count). The summed E-state index contributed by atoms with van der Waals surface area (Å²) in [6.07, 6.45) is 1.10. The van der Waals surface area contributed by atoms with E-state index >= 15 is 0 Å². The number of hydrogen-bond acceptors (Lipinski definition) is 3. The Hall–Kier alpha value is -1.94. The SMILES string of the molecule is CCN(c1cccc(F)c1)c1cc(C(C)O)ccn1. The number of aromatic nitrogens is 1. The summed E-state index contributed by atoms with van der Waals surface area (Å²) in [6.45, 7) is 4.35. The van der Waals surface area contributed by atoms with Gasteiger partial charge in [0.05, 0.1) is 6.10 Å². The molecule has 0 spiro atoms. The van der Waals surface area contributed by atoms with Crippen LogP contribution in [0.5, 0.6) is 0 Å². The maximum atomic E-state index is 13.3. The molecule has 19 heavy (non-hydrogen) atoms. The van der Waals surface area contributed by atoms with Gasteiger partial charge >= 0.3 is 0 Å². The van der Waals surface area contributed by atoms with Gasteiger partial charge in [0.25, 0.3) is 0 Å². The summed E-state index contributed by atoms with van der Waals surface area (Å²) < 4.78 is 13.3. The molecule has 0 amide bonds. The van der Waals surface area contributed by atoms with E-state index in [1.807, 2.05) is 24.0 Å². The Labute approximate surface area is 112 Å². The highest BCUT2D eigenvalue weighted by molar-refractivity contribution is 5.60. The van der Waals surface area contributed by atoms with Crippen molar-refractivity contribution in [1.82, 2.24) is 4.98 Å². The molecule has 1 N–H and O–H groups in total. The molecule has 4 heteroatoms. The van der Waals surface area contributed by atoms with Crippen molar-refractivity contribution in [2.45, 2.75) is 20.0 Å². The molecule has 0 saturated heterocycles.